The Hall–Kier alpha value is -3.48. The molecule has 2 aliphatic rings. The predicted octanol–water partition coefficient (Wildman–Crippen LogP) is 7.29. The number of fused-ring (bicyclic) bond motifs is 5. The maximum absolute atomic E-state index is 8.59. The molecule has 2 aromatic carbocycles. The van der Waals surface area contributed by atoms with Crippen LogP contribution in [0.15, 0.2) is 78.8 Å². The normalized spacial score (nSPS) is 16.7. The van der Waals surface area contributed by atoms with E-state index in [4.69, 9.17) is 16.9 Å². The van der Waals surface area contributed by atoms with Gasteiger partial charge in [-0.15, -0.1) is 0 Å². The summed E-state index contributed by atoms with van der Waals surface area (Å²) in [6.07, 6.45) is 13.2. The molecule has 2 heterocycles. The van der Waals surface area contributed by atoms with Crippen LogP contribution in [0.5, 0.6) is 0 Å². The van der Waals surface area contributed by atoms with Crippen LogP contribution in [-0.4, -0.2) is 9.97 Å². The lowest BCUT2D eigenvalue weighted by atomic mass is 9.74. The fourth-order valence-corrected chi connectivity index (χ4v) is 4.94. The molecule has 0 radical (unpaired) electrons. The summed E-state index contributed by atoms with van der Waals surface area (Å²) >= 11 is 6.12. The minimum Gasteiger partial charge on any atom is -0.264 e. The van der Waals surface area contributed by atoms with Crippen molar-refractivity contribution in [3.05, 3.63) is 100 Å². The van der Waals surface area contributed by atoms with E-state index in [1.165, 1.54) is 40.3 Å². The van der Waals surface area contributed by atoms with Gasteiger partial charge in [-0.3, -0.25) is 9.97 Å². The van der Waals surface area contributed by atoms with Gasteiger partial charge in [-0.05, 0) is 76.9 Å². The second kappa shape index (κ2) is 8.57. The van der Waals surface area contributed by atoms with Gasteiger partial charge in [0.05, 0.1) is 11.1 Å². The zero-order valence-corrected chi connectivity index (χ0v) is 18.6. The van der Waals surface area contributed by atoms with Crippen LogP contribution >= 0.6 is 11.6 Å². The topological polar surface area (TPSA) is 49.6 Å². The molecular weight excluding hydrogens is 414 g/mol. The van der Waals surface area contributed by atoms with E-state index in [1.54, 1.807) is 30.2 Å². The molecule has 2 aromatic heterocycles. The van der Waals surface area contributed by atoms with Gasteiger partial charge in [0, 0.05) is 29.0 Å². The SMILES string of the molecule is CC1Cc2c(ccc3cc(Cl)ccc23)C2=C1CCC=C2.N#Cc1cnc2ccncc2c1. The van der Waals surface area contributed by atoms with E-state index in [1.807, 2.05) is 18.2 Å². The number of hydrogen-bond donors (Lipinski definition) is 0. The Morgan fingerprint density at radius 1 is 1.06 bits per heavy atom. The van der Waals surface area contributed by atoms with Crippen molar-refractivity contribution >= 4 is 38.8 Å². The quantitative estimate of drug-likeness (QED) is 0.291. The number of pyridine rings is 2. The van der Waals surface area contributed by atoms with E-state index < -0.39 is 0 Å². The summed E-state index contributed by atoms with van der Waals surface area (Å²) in [5, 5.41) is 12.9. The summed E-state index contributed by atoms with van der Waals surface area (Å²) in [6, 6.07) is 16.4. The van der Waals surface area contributed by atoms with E-state index in [-0.39, 0.29) is 0 Å². The standard InChI is InChI=1S/C19H17Cl.C9H5N3/c1-12-10-19-16-9-7-14(20)11-13(16)6-8-18(19)17-5-3-2-4-15(12)17;10-4-7-3-8-6-11-2-1-9(8)12-5-7/h3,5-9,11-12H,2,4,10H2,1H3;1-3,5-6H. The molecule has 4 heteroatoms. The Bertz CT molecular complexity index is 1440. The van der Waals surface area contributed by atoms with Crippen LogP contribution < -0.4 is 0 Å². The molecule has 156 valence electrons. The second-order valence-corrected chi connectivity index (χ2v) is 8.78. The summed E-state index contributed by atoms with van der Waals surface area (Å²) in [6.45, 7) is 2.37. The lowest BCUT2D eigenvalue weighted by Gasteiger charge is -2.30. The average molecular weight is 436 g/mol. The van der Waals surface area contributed by atoms with Crippen molar-refractivity contribution in [2.24, 2.45) is 5.92 Å². The third-order valence-corrected chi connectivity index (χ3v) is 6.55. The number of halogens is 1. The van der Waals surface area contributed by atoms with E-state index >= 15 is 0 Å². The molecule has 0 fully saturated rings. The highest BCUT2D eigenvalue weighted by Crippen LogP contribution is 2.42. The maximum atomic E-state index is 8.59. The molecule has 4 aromatic rings. The zero-order chi connectivity index (χ0) is 22.1. The number of nitrogens with zero attached hydrogens (tertiary/aromatic N) is 3. The molecule has 0 bridgehead atoms. The number of aromatic nitrogens is 2. The number of benzene rings is 2. The number of allylic oxidation sites excluding steroid dienone is 4. The zero-order valence-electron chi connectivity index (χ0n) is 17.8. The number of hydrogen-bond acceptors (Lipinski definition) is 3. The molecule has 0 saturated carbocycles. The van der Waals surface area contributed by atoms with Crippen LogP contribution in [0, 0.1) is 17.2 Å². The largest absolute Gasteiger partial charge is 0.264 e. The van der Waals surface area contributed by atoms with Crippen molar-refractivity contribution in [3.63, 3.8) is 0 Å². The molecule has 0 saturated heterocycles. The van der Waals surface area contributed by atoms with Gasteiger partial charge in [-0.2, -0.15) is 5.26 Å². The molecule has 0 amide bonds. The summed E-state index contributed by atoms with van der Waals surface area (Å²) in [4.78, 5) is 8.03. The fraction of sp³-hybridized carbons (Fsp3) is 0.179. The van der Waals surface area contributed by atoms with Crippen molar-refractivity contribution in [3.8, 4) is 6.07 Å². The highest BCUT2D eigenvalue weighted by Gasteiger charge is 2.25. The van der Waals surface area contributed by atoms with Gasteiger partial charge in [-0.25, -0.2) is 0 Å². The Labute approximate surface area is 192 Å². The first-order valence-corrected chi connectivity index (χ1v) is 11.2. The van der Waals surface area contributed by atoms with Crippen molar-refractivity contribution in [1.29, 1.82) is 5.26 Å². The Morgan fingerprint density at radius 3 is 2.84 bits per heavy atom. The number of rotatable bonds is 0. The van der Waals surface area contributed by atoms with E-state index in [0.717, 1.165) is 22.3 Å². The Balaban J connectivity index is 0.000000154. The average Bonchev–Trinajstić information content (AvgIpc) is 2.84. The first-order chi connectivity index (χ1) is 15.6. The maximum Gasteiger partial charge on any atom is 0.101 e. The van der Waals surface area contributed by atoms with E-state index in [2.05, 4.69) is 53.3 Å². The van der Waals surface area contributed by atoms with Gasteiger partial charge in [0.25, 0.3) is 0 Å². The third-order valence-electron chi connectivity index (χ3n) is 6.31. The van der Waals surface area contributed by atoms with Gasteiger partial charge in [0.2, 0.25) is 0 Å². The Morgan fingerprint density at radius 2 is 1.97 bits per heavy atom. The van der Waals surface area contributed by atoms with E-state index in [9.17, 15) is 0 Å². The number of nitriles is 1. The molecule has 3 nitrogen and oxygen atoms in total. The van der Waals surface area contributed by atoms with Gasteiger partial charge in [0.15, 0.2) is 0 Å². The molecule has 2 aliphatic carbocycles. The molecule has 6 rings (SSSR count). The molecule has 0 spiro atoms. The lowest BCUT2D eigenvalue weighted by Crippen LogP contribution is -2.15. The highest BCUT2D eigenvalue weighted by atomic mass is 35.5. The predicted molar refractivity (Wildman–Crippen MR) is 131 cm³/mol. The lowest BCUT2D eigenvalue weighted by molar-refractivity contribution is 0.634. The molecule has 32 heavy (non-hydrogen) atoms. The molecule has 0 N–H and O–H groups in total. The highest BCUT2D eigenvalue weighted by molar-refractivity contribution is 6.31. The fourth-order valence-electron chi connectivity index (χ4n) is 4.76. The first-order valence-electron chi connectivity index (χ1n) is 10.8. The monoisotopic (exact) mass is 435 g/mol. The van der Waals surface area contributed by atoms with Gasteiger partial charge in [0.1, 0.15) is 6.07 Å². The summed E-state index contributed by atoms with van der Waals surface area (Å²) < 4.78 is 0. The van der Waals surface area contributed by atoms with E-state index in [0.29, 0.717) is 11.5 Å². The van der Waals surface area contributed by atoms with Crippen LogP contribution in [0.25, 0.3) is 27.2 Å². The smallest absolute Gasteiger partial charge is 0.101 e. The molecule has 1 atom stereocenters. The summed E-state index contributed by atoms with van der Waals surface area (Å²) in [7, 11) is 0. The van der Waals surface area contributed by atoms with Crippen LogP contribution in [-0.2, 0) is 6.42 Å². The second-order valence-electron chi connectivity index (χ2n) is 8.35. The van der Waals surface area contributed by atoms with Crippen LogP contribution in [0.3, 0.4) is 0 Å². The minimum absolute atomic E-state index is 0.565. The first kappa shape index (κ1) is 20.4. The Kier molecular flexibility index (Phi) is 5.47. The molecule has 0 aliphatic heterocycles. The minimum atomic E-state index is 0.565. The van der Waals surface area contributed by atoms with Crippen LogP contribution in [0.1, 0.15) is 36.5 Å². The summed E-state index contributed by atoms with van der Waals surface area (Å²) in [5.41, 5.74) is 7.48. The van der Waals surface area contributed by atoms with Crippen LogP contribution in [0.4, 0.5) is 0 Å². The third kappa shape index (κ3) is 3.79. The van der Waals surface area contributed by atoms with Gasteiger partial charge in [-0.1, -0.05) is 54.4 Å². The summed E-state index contributed by atoms with van der Waals surface area (Å²) in [5.74, 6) is 0.656. The van der Waals surface area contributed by atoms with Crippen LogP contribution in [0.2, 0.25) is 5.02 Å². The van der Waals surface area contributed by atoms with Crippen molar-refractivity contribution < 1.29 is 0 Å². The molecule has 1 unspecified atom stereocenters. The van der Waals surface area contributed by atoms with Gasteiger partial charge < -0.3 is 0 Å². The molecular formula is C28H22ClN3. The van der Waals surface area contributed by atoms with Crippen molar-refractivity contribution in [2.75, 3.05) is 0 Å². The van der Waals surface area contributed by atoms with Crippen molar-refractivity contribution in [1.82, 2.24) is 9.97 Å². The van der Waals surface area contributed by atoms with Crippen molar-refractivity contribution in [2.45, 2.75) is 26.2 Å². The van der Waals surface area contributed by atoms with Gasteiger partial charge >= 0.3 is 0 Å².